The maximum Gasteiger partial charge on any atom is 0.419 e. The van der Waals surface area contributed by atoms with E-state index >= 15 is 0 Å². The van der Waals surface area contributed by atoms with Gasteiger partial charge in [-0.1, -0.05) is 30.3 Å². The topological polar surface area (TPSA) is 101 Å². The number of aryl methyl sites for hydroxylation is 2. The van der Waals surface area contributed by atoms with Gasteiger partial charge in [0.25, 0.3) is 0 Å². The zero-order valence-electron chi connectivity index (χ0n) is 20.9. The van der Waals surface area contributed by atoms with Crippen molar-refractivity contribution in [1.29, 1.82) is 0 Å². The molecule has 2 aromatic carbocycles. The van der Waals surface area contributed by atoms with Gasteiger partial charge in [-0.25, -0.2) is 9.97 Å². The molecule has 0 unspecified atom stereocenters. The molecule has 4 rings (SSSR count). The fraction of sp³-hybridized carbons (Fsp3) is 0.357. The number of benzene rings is 1. The van der Waals surface area contributed by atoms with Crippen LogP contribution in [0.2, 0.25) is 0 Å². The largest absolute Gasteiger partial charge is 0.419 e. The van der Waals surface area contributed by atoms with Crippen LogP contribution in [0.5, 0.6) is 0 Å². The molecule has 1 saturated heterocycles. The van der Waals surface area contributed by atoms with Gasteiger partial charge in [-0.2, -0.15) is 13.2 Å². The lowest BCUT2D eigenvalue weighted by Crippen LogP contribution is -2.36. The van der Waals surface area contributed by atoms with E-state index in [1.165, 1.54) is 0 Å². The van der Waals surface area contributed by atoms with Crippen LogP contribution in [0.3, 0.4) is 0 Å². The molecular weight excluding hydrogens is 495 g/mol. The van der Waals surface area contributed by atoms with Crippen LogP contribution in [-0.4, -0.2) is 39.8 Å². The standard InChI is InChI=1S/C28H28F3N5O2/c1-18(37)36-14-12-21(13-15-36)20-6-9-23(10-7-20)34-27-33-17-24(28(29,30)31)25(35-27)11-8-19-4-2-3-5-22(19)16-26(32)38/h2-6,9,17,21H,8,11-16H2,1H3,(H2,32,38)(H,33,34,35). The highest BCUT2D eigenvalue weighted by molar-refractivity contribution is 5.77. The van der Waals surface area contributed by atoms with E-state index in [1.54, 1.807) is 37.3 Å². The predicted molar refractivity (Wildman–Crippen MR) is 135 cm³/mol. The predicted octanol–water partition coefficient (Wildman–Crippen LogP) is 4.38. The van der Waals surface area contributed by atoms with E-state index in [1.807, 2.05) is 11.0 Å². The molecule has 1 aliphatic rings. The highest BCUT2D eigenvalue weighted by atomic mass is 19.4. The summed E-state index contributed by atoms with van der Waals surface area (Å²) >= 11 is 0. The number of nitrogens with one attached hydrogen (secondary N) is 1. The average molecular weight is 524 g/mol. The SMILES string of the molecule is CC(=O)N1CCC(c2c#cc(Nc3ncc(C(F)(F)F)c(CCc4ccccc4CC(N)=O)n3)cc2)CC1. The molecule has 0 aliphatic carbocycles. The minimum atomic E-state index is -4.61. The number of anilines is 2. The van der Waals surface area contributed by atoms with E-state index in [0.717, 1.165) is 30.2 Å². The van der Waals surface area contributed by atoms with Crippen molar-refractivity contribution in [3.8, 4) is 0 Å². The Morgan fingerprint density at radius 3 is 2.39 bits per heavy atom. The van der Waals surface area contributed by atoms with Crippen molar-refractivity contribution in [3.05, 3.63) is 82.7 Å². The normalized spacial score (nSPS) is 14.2. The molecule has 198 valence electrons. The first-order valence-corrected chi connectivity index (χ1v) is 12.3. The molecule has 0 saturated carbocycles. The van der Waals surface area contributed by atoms with E-state index in [4.69, 9.17) is 5.73 Å². The Balaban J connectivity index is 1.47. The first kappa shape index (κ1) is 26.9. The van der Waals surface area contributed by atoms with Gasteiger partial charge in [-0.15, -0.1) is 0 Å². The molecule has 38 heavy (non-hydrogen) atoms. The van der Waals surface area contributed by atoms with Gasteiger partial charge in [0.1, 0.15) is 0 Å². The third kappa shape index (κ3) is 6.79. The zero-order chi connectivity index (χ0) is 27.3. The number of halogens is 3. The number of hydrogen-bond donors (Lipinski definition) is 2. The molecule has 3 N–H and O–H groups in total. The smallest absolute Gasteiger partial charge is 0.369 e. The first-order chi connectivity index (χ1) is 18.1. The average Bonchev–Trinajstić information content (AvgIpc) is 2.88. The number of nitrogens with zero attached hydrogens (tertiary/aromatic N) is 3. The first-order valence-electron chi connectivity index (χ1n) is 12.3. The van der Waals surface area contributed by atoms with Gasteiger partial charge in [-0.3, -0.25) is 9.59 Å². The molecule has 0 bridgehead atoms. The van der Waals surface area contributed by atoms with Crippen molar-refractivity contribution in [2.75, 3.05) is 18.4 Å². The van der Waals surface area contributed by atoms with E-state index in [2.05, 4.69) is 27.4 Å². The Kier molecular flexibility index (Phi) is 8.15. The summed E-state index contributed by atoms with van der Waals surface area (Å²) in [7, 11) is 0. The number of primary amides is 1. The fourth-order valence-electron chi connectivity index (χ4n) is 4.65. The number of hydrogen-bond acceptors (Lipinski definition) is 5. The number of nitrogens with two attached hydrogens (primary N) is 1. The summed E-state index contributed by atoms with van der Waals surface area (Å²) < 4.78 is 41.0. The molecular formula is C28H28F3N5O2. The zero-order valence-corrected chi connectivity index (χ0v) is 20.9. The number of likely N-dealkylation sites (tertiary alicyclic amines) is 1. The highest BCUT2D eigenvalue weighted by Gasteiger charge is 2.35. The van der Waals surface area contributed by atoms with E-state index in [-0.39, 0.29) is 42.7 Å². The Morgan fingerprint density at radius 2 is 1.79 bits per heavy atom. The number of alkyl halides is 3. The molecule has 1 fully saturated rings. The Hall–Kier alpha value is -4.13. The highest BCUT2D eigenvalue weighted by Crippen LogP contribution is 2.32. The lowest BCUT2D eigenvalue weighted by molar-refractivity contribution is -0.138. The molecule has 2 amide bonds. The van der Waals surface area contributed by atoms with Crippen LogP contribution < -0.4 is 11.1 Å². The fourth-order valence-corrected chi connectivity index (χ4v) is 4.65. The van der Waals surface area contributed by atoms with Crippen molar-refractivity contribution in [1.82, 2.24) is 14.9 Å². The summed E-state index contributed by atoms with van der Waals surface area (Å²) in [6, 6.07) is 16.8. The molecule has 10 heteroatoms. The van der Waals surface area contributed by atoms with E-state index < -0.39 is 17.6 Å². The lowest BCUT2D eigenvalue weighted by Gasteiger charge is -2.30. The van der Waals surface area contributed by atoms with E-state index in [0.29, 0.717) is 24.3 Å². The van der Waals surface area contributed by atoms with Crippen LogP contribution in [0.1, 0.15) is 53.6 Å². The Morgan fingerprint density at radius 1 is 1.08 bits per heavy atom. The minimum absolute atomic E-state index is 0.00441. The summed E-state index contributed by atoms with van der Waals surface area (Å²) in [4.78, 5) is 32.8. The monoisotopic (exact) mass is 523 g/mol. The third-order valence-electron chi connectivity index (χ3n) is 6.68. The second-order valence-electron chi connectivity index (χ2n) is 9.32. The maximum atomic E-state index is 13.7. The summed E-state index contributed by atoms with van der Waals surface area (Å²) in [6.07, 6.45) is -1.90. The van der Waals surface area contributed by atoms with E-state index in [9.17, 15) is 22.8 Å². The maximum absolute atomic E-state index is 13.7. The molecule has 1 aliphatic heterocycles. The summed E-state index contributed by atoms with van der Waals surface area (Å²) in [5, 5.41) is 2.92. The van der Waals surface area contributed by atoms with Gasteiger partial charge in [0, 0.05) is 31.8 Å². The van der Waals surface area contributed by atoms with Crippen LogP contribution >= 0.6 is 0 Å². The summed E-state index contributed by atoms with van der Waals surface area (Å²) in [5.74, 6) is -0.153. The number of amides is 2. The van der Waals surface area contributed by atoms with Crippen LogP contribution in [0.25, 0.3) is 0 Å². The van der Waals surface area contributed by atoms with Gasteiger partial charge >= 0.3 is 6.18 Å². The molecule has 0 spiro atoms. The van der Waals surface area contributed by atoms with Crippen molar-refractivity contribution in [2.24, 2.45) is 5.73 Å². The molecule has 2 heterocycles. The van der Waals surface area contributed by atoms with Gasteiger partial charge < -0.3 is 16.0 Å². The van der Waals surface area contributed by atoms with Crippen molar-refractivity contribution in [2.45, 2.75) is 51.1 Å². The van der Waals surface area contributed by atoms with Crippen LogP contribution in [0, 0.1) is 12.1 Å². The van der Waals surface area contributed by atoms with Crippen molar-refractivity contribution >= 4 is 23.5 Å². The molecule has 3 aromatic rings. The van der Waals surface area contributed by atoms with Crippen LogP contribution in [0.15, 0.2) is 42.6 Å². The summed E-state index contributed by atoms with van der Waals surface area (Å²) in [6.45, 7) is 2.96. The number of carbonyl (C=O) groups is 2. The molecule has 7 nitrogen and oxygen atoms in total. The molecule has 0 radical (unpaired) electrons. The lowest BCUT2D eigenvalue weighted by atomic mass is 9.90. The summed E-state index contributed by atoms with van der Waals surface area (Å²) in [5.41, 5.74) is 7.12. The Bertz CT molecular complexity index is 1290. The number of piperidine rings is 1. The van der Waals surface area contributed by atoms with Gasteiger partial charge in [0.2, 0.25) is 17.8 Å². The van der Waals surface area contributed by atoms with Crippen molar-refractivity contribution in [3.63, 3.8) is 0 Å². The second kappa shape index (κ2) is 11.5. The second-order valence-corrected chi connectivity index (χ2v) is 9.32. The van der Waals surface area contributed by atoms with Gasteiger partial charge in [-0.05, 0) is 60.9 Å². The molecule has 1 aromatic heterocycles. The molecule has 0 atom stereocenters. The van der Waals surface area contributed by atoms with Gasteiger partial charge in [0.15, 0.2) is 0 Å². The van der Waals surface area contributed by atoms with Crippen LogP contribution in [0.4, 0.5) is 24.8 Å². The van der Waals surface area contributed by atoms with Crippen molar-refractivity contribution < 1.29 is 22.8 Å². The number of aromatic nitrogens is 2. The minimum Gasteiger partial charge on any atom is -0.369 e. The van der Waals surface area contributed by atoms with Crippen LogP contribution in [-0.2, 0) is 35.0 Å². The van der Waals surface area contributed by atoms with Gasteiger partial charge in [0.05, 0.1) is 23.4 Å². The Labute approximate surface area is 219 Å². The number of rotatable bonds is 8. The number of carbonyl (C=O) groups excluding carboxylic acids is 2. The third-order valence-corrected chi connectivity index (χ3v) is 6.68. The quantitative estimate of drug-likeness (QED) is 0.457.